The molecule has 1 fully saturated rings. The Balaban J connectivity index is 1.91. The molecule has 19 heavy (non-hydrogen) atoms. The quantitative estimate of drug-likeness (QED) is 0.630. The Bertz CT molecular complexity index is 589. The van der Waals surface area contributed by atoms with Gasteiger partial charge in [-0.05, 0) is 11.6 Å². The van der Waals surface area contributed by atoms with E-state index in [0.29, 0.717) is 12.1 Å². The van der Waals surface area contributed by atoms with Crippen LogP contribution in [0.25, 0.3) is 0 Å². The first kappa shape index (κ1) is 12.1. The summed E-state index contributed by atoms with van der Waals surface area (Å²) >= 11 is 5.06. The molecule has 2 unspecified atom stereocenters. The minimum absolute atomic E-state index is 0.150. The Hall–Kier alpha value is -1.99. The molecule has 6 nitrogen and oxygen atoms in total. The maximum Gasteiger partial charge on any atom is 0.321 e. The number of hydrogen-bond acceptors (Lipinski definition) is 4. The lowest BCUT2D eigenvalue weighted by Crippen LogP contribution is -2.65. The molecule has 3 rings (SSSR count). The van der Waals surface area contributed by atoms with E-state index in [0.717, 1.165) is 5.56 Å². The highest BCUT2D eigenvalue weighted by Gasteiger charge is 2.41. The van der Waals surface area contributed by atoms with Gasteiger partial charge in [0.2, 0.25) is 0 Å². The number of aliphatic hydroxyl groups is 1. The van der Waals surface area contributed by atoms with Gasteiger partial charge in [0.25, 0.3) is 5.91 Å². The Morgan fingerprint density at radius 3 is 2.74 bits per heavy atom. The van der Waals surface area contributed by atoms with Crippen molar-refractivity contribution in [3.8, 4) is 0 Å². The zero-order valence-corrected chi connectivity index (χ0v) is 10.6. The summed E-state index contributed by atoms with van der Waals surface area (Å²) in [6.07, 6.45) is -1.19. The normalized spacial score (nSPS) is 25.9. The lowest BCUT2D eigenvalue weighted by molar-refractivity contribution is 0.0443. The van der Waals surface area contributed by atoms with E-state index in [9.17, 15) is 14.7 Å². The molecule has 1 saturated heterocycles. The fourth-order valence-electron chi connectivity index (χ4n) is 2.39. The molecule has 2 aliphatic rings. The van der Waals surface area contributed by atoms with E-state index >= 15 is 0 Å². The molecular weight excluding hydrogens is 266 g/mol. The van der Waals surface area contributed by atoms with Crippen molar-refractivity contribution in [2.24, 2.45) is 0 Å². The topological polar surface area (TPSA) is 81.7 Å². The minimum Gasteiger partial charge on any atom is -0.371 e. The van der Waals surface area contributed by atoms with Gasteiger partial charge in [0.05, 0.1) is 0 Å². The predicted octanol–water partition coefficient (Wildman–Crippen LogP) is -0.0304. The number of carbonyl (C=O) groups is 2. The van der Waals surface area contributed by atoms with Crippen LogP contribution in [0.15, 0.2) is 24.3 Å². The van der Waals surface area contributed by atoms with Crippen molar-refractivity contribution in [2.75, 3.05) is 0 Å². The molecule has 3 N–H and O–H groups in total. The van der Waals surface area contributed by atoms with Crippen molar-refractivity contribution in [3.63, 3.8) is 0 Å². The molecule has 0 spiro atoms. The molecule has 0 aromatic heterocycles. The van der Waals surface area contributed by atoms with E-state index in [2.05, 4.69) is 10.6 Å². The van der Waals surface area contributed by atoms with Gasteiger partial charge >= 0.3 is 6.03 Å². The molecule has 0 radical (unpaired) electrons. The number of amides is 3. The zero-order chi connectivity index (χ0) is 13.6. The SMILES string of the molecule is O=C1NC(=S)C(N2Cc3ccccc3C2=O)C(O)N1. The van der Waals surface area contributed by atoms with Gasteiger partial charge in [0, 0.05) is 12.1 Å². The van der Waals surface area contributed by atoms with Crippen LogP contribution in [-0.2, 0) is 6.54 Å². The van der Waals surface area contributed by atoms with Crippen LogP contribution in [-0.4, -0.2) is 39.2 Å². The molecule has 2 aliphatic heterocycles. The molecule has 3 amide bonds. The number of nitrogens with zero attached hydrogens (tertiary/aromatic N) is 1. The molecule has 0 bridgehead atoms. The molecule has 2 atom stereocenters. The maximum atomic E-state index is 12.3. The standard InChI is InChI=1S/C12H11N3O3S/c16-9-8(10(19)14-12(18)13-9)15-5-6-3-1-2-4-7(6)11(15)17/h1-4,8-9,16H,5H2,(H2,13,14,18,19). The summed E-state index contributed by atoms with van der Waals surface area (Å²) in [5, 5.41) is 14.6. The summed E-state index contributed by atoms with van der Waals surface area (Å²) in [5.41, 5.74) is 1.49. The fraction of sp³-hybridized carbons (Fsp3) is 0.250. The fourth-order valence-corrected chi connectivity index (χ4v) is 2.74. The molecular formula is C12H11N3O3S. The Kier molecular flexibility index (Phi) is 2.72. The summed E-state index contributed by atoms with van der Waals surface area (Å²) in [6.45, 7) is 0.369. The largest absolute Gasteiger partial charge is 0.371 e. The van der Waals surface area contributed by atoms with Gasteiger partial charge in [0.15, 0.2) is 6.23 Å². The highest BCUT2D eigenvalue weighted by atomic mass is 32.1. The van der Waals surface area contributed by atoms with E-state index in [4.69, 9.17) is 12.2 Å². The summed E-state index contributed by atoms with van der Waals surface area (Å²) < 4.78 is 0. The number of urea groups is 1. The highest BCUT2D eigenvalue weighted by Crippen LogP contribution is 2.26. The van der Waals surface area contributed by atoms with Crippen molar-refractivity contribution >= 4 is 29.1 Å². The Morgan fingerprint density at radius 2 is 2.05 bits per heavy atom. The van der Waals surface area contributed by atoms with Crippen LogP contribution in [0.2, 0.25) is 0 Å². The van der Waals surface area contributed by atoms with E-state index < -0.39 is 18.3 Å². The smallest absolute Gasteiger partial charge is 0.321 e. The van der Waals surface area contributed by atoms with Crippen molar-refractivity contribution in [1.82, 2.24) is 15.5 Å². The number of aliphatic hydroxyl groups excluding tert-OH is 1. The van der Waals surface area contributed by atoms with Crippen LogP contribution in [0.4, 0.5) is 4.79 Å². The highest BCUT2D eigenvalue weighted by molar-refractivity contribution is 7.80. The number of nitrogens with one attached hydrogen (secondary N) is 2. The zero-order valence-electron chi connectivity index (χ0n) is 9.79. The molecule has 7 heteroatoms. The van der Waals surface area contributed by atoms with Crippen LogP contribution in [0, 0.1) is 0 Å². The van der Waals surface area contributed by atoms with Crippen LogP contribution in [0.5, 0.6) is 0 Å². The monoisotopic (exact) mass is 277 g/mol. The maximum absolute atomic E-state index is 12.3. The van der Waals surface area contributed by atoms with Gasteiger partial charge in [-0.25, -0.2) is 4.79 Å². The second-order valence-corrected chi connectivity index (χ2v) is 4.88. The van der Waals surface area contributed by atoms with Gasteiger partial charge in [0.1, 0.15) is 11.0 Å². The first-order valence-electron chi connectivity index (χ1n) is 5.76. The minimum atomic E-state index is -1.19. The van der Waals surface area contributed by atoms with Crippen molar-refractivity contribution in [2.45, 2.75) is 18.8 Å². The summed E-state index contributed by atoms with van der Waals surface area (Å²) in [6, 6.07) is 5.94. The number of fused-ring (bicyclic) bond motifs is 1. The number of hydrogen-bond donors (Lipinski definition) is 3. The van der Waals surface area contributed by atoms with Gasteiger partial charge in [-0.15, -0.1) is 0 Å². The molecule has 1 aromatic rings. The molecule has 0 aliphatic carbocycles. The van der Waals surface area contributed by atoms with E-state index in [1.165, 1.54) is 4.90 Å². The number of rotatable bonds is 1. The lowest BCUT2D eigenvalue weighted by Gasteiger charge is -2.35. The van der Waals surface area contributed by atoms with E-state index in [-0.39, 0.29) is 10.9 Å². The first-order valence-corrected chi connectivity index (χ1v) is 6.17. The first-order chi connectivity index (χ1) is 9.08. The van der Waals surface area contributed by atoms with E-state index in [1.807, 2.05) is 12.1 Å². The average Bonchev–Trinajstić information content (AvgIpc) is 2.66. The van der Waals surface area contributed by atoms with Gasteiger partial charge in [-0.1, -0.05) is 30.4 Å². The Morgan fingerprint density at radius 1 is 1.32 bits per heavy atom. The molecule has 0 saturated carbocycles. The predicted molar refractivity (Wildman–Crippen MR) is 70.4 cm³/mol. The molecule has 1 aromatic carbocycles. The van der Waals surface area contributed by atoms with Crippen molar-refractivity contribution in [1.29, 1.82) is 0 Å². The van der Waals surface area contributed by atoms with E-state index in [1.54, 1.807) is 12.1 Å². The molecule has 98 valence electrons. The number of benzene rings is 1. The third kappa shape index (κ3) is 1.87. The third-order valence-corrected chi connectivity index (χ3v) is 3.61. The lowest BCUT2D eigenvalue weighted by atomic mass is 10.1. The number of carbonyl (C=O) groups excluding carboxylic acids is 2. The summed E-state index contributed by atoms with van der Waals surface area (Å²) in [7, 11) is 0. The Labute approximate surface area is 114 Å². The van der Waals surface area contributed by atoms with Crippen LogP contribution >= 0.6 is 12.2 Å². The molecule has 2 heterocycles. The number of thiocarbonyl (C=S) groups is 1. The third-order valence-electron chi connectivity index (χ3n) is 3.27. The second kappa shape index (κ2) is 4.29. The second-order valence-electron chi connectivity index (χ2n) is 4.44. The van der Waals surface area contributed by atoms with Crippen molar-refractivity contribution in [3.05, 3.63) is 35.4 Å². The van der Waals surface area contributed by atoms with Crippen molar-refractivity contribution < 1.29 is 14.7 Å². The summed E-state index contributed by atoms with van der Waals surface area (Å²) in [5.74, 6) is -0.194. The van der Waals surface area contributed by atoms with Gasteiger partial charge in [-0.2, -0.15) is 0 Å². The van der Waals surface area contributed by atoms with Crippen LogP contribution in [0.3, 0.4) is 0 Å². The van der Waals surface area contributed by atoms with Crippen LogP contribution in [0.1, 0.15) is 15.9 Å². The summed E-state index contributed by atoms with van der Waals surface area (Å²) in [4.78, 5) is 25.1. The van der Waals surface area contributed by atoms with Gasteiger partial charge < -0.3 is 20.6 Å². The van der Waals surface area contributed by atoms with Gasteiger partial charge in [-0.3, -0.25) is 4.79 Å². The average molecular weight is 277 g/mol. The van der Waals surface area contributed by atoms with Crippen LogP contribution < -0.4 is 10.6 Å².